The number of carbonyl (C=O) groups is 3. The van der Waals surface area contributed by atoms with E-state index in [4.69, 9.17) is 14.6 Å². The minimum absolute atomic E-state index is 0.0985. The number of amides is 2. The highest BCUT2D eigenvalue weighted by Gasteiger charge is 2.17. The summed E-state index contributed by atoms with van der Waals surface area (Å²) in [4.78, 5) is 34.7. The Morgan fingerprint density at radius 1 is 0.833 bits per heavy atom. The smallest absolute Gasteiger partial charge is 0.407 e. The first kappa shape index (κ1) is 22.7. The van der Waals surface area contributed by atoms with Crippen molar-refractivity contribution in [2.45, 2.75) is 38.5 Å². The second kappa shape index (κ2) is 12.8. The number of carboxylic acids is 1. The minimum Gasteiger partial charge on any atom is -0.481 e. The highest BCUT2D eigenvalue weighted by molar-refractivity contribution is 5.71. The number of hydrogen-bond acceptors (Lipinski definition) is 5. The Balaban J connectivity index is 1.66. The van der Waals surface area contributed by atoms with E-state index >= 15 is 0 Å². The lowest BCUT2D eigenvalue weighted by atomic mass is 10.1. The van der Waals surface area contributed by atoms with Gasteiger partial charge in [-0.25, -0.2) is 9.59 Å². The van der Waals surface area contributed by atoms with Crippen LogP contribution in [0.25, 0.3) is 0 Å². The van der Waals surface area contributed by atoms with Crippen molar-refractivity contribution in [2.75, 3.05) is 6.54 Å². The van der Waals surface area contributed by atoms with Crippen LogP contribution in [0.15, 0.2) is 60.7 Å². The van der Waals surface area contributed by atoms with Gasteiger partial charge in [0.1, 0.15) is 13.2 Å². The monoisotopic (exact) mass is 414 g/mol. The van der Waals surface area contributed by atoms with Crippen molar-refractivity contribution in [3.63, 3.8) is 0 Å². The van der Waals surface area contributed by atoms with Crippen LogP contribution in [0.5, 0.6) is 0 Å². The zero-order chi connectivity index (χ0) is 21.6. The van der Waals surface area contributed by atoms with E-state index in [2.05, 4.69) is 10.6 Å². The molecule has 0 bridgehead atoms. The number of alkyl carbamates (subject to hydrolysis) is 2. The molecule has 8 nitrogen and oxygen atoms in total. The Bertz CT molecular complexity index is 798. The number of rotatable bonds is 11. The van der Waals surface area contributed by atoms with Gasteiger partial charge in [0.05, 0.1) is 6.42 Å². The Labute approximate surface area is 175 Å². The number of ether oxygens (including phenoxy) is 2. The fraction of sp³-hybridized carbons (Fsp3) is 0.318. The standard InChI is InChI=1S/C22H26N2O6/c25-20(26)14-19(24-22(28)30-16-18-10-5-2-6-11-18)12-7-13-23-21(27)29-15-17-8-3-1-4-9-17/h1-6,8-11,19H,7,12-16H2,(H,23,27)(H,24,28)(H,25,26)/t19-/m1/s1. The SMILES string of the molecule is O=C(O)C[C@@H](CCCNC(=O)OCc1ccccc1)NC(=O)OCc1ccccc1. The van der Waals surface area contributed by atoms with Gasteiger partial charge >= 0.3 is 18.2 Å². The lowest BCUT2D eigenvalue weighted by Gasteiger charge is -2.17. The van der Waals surface area contributed by atoms with Crippen molar-refractivity contribution >= 4 is 18.2 Å². The van der Waals surface area contributed by atoms with Gasteiger partial charge < -0.3 is 25.2 Å². The molecule has 0 unspecified atom stereocenters. The van der Waals surface area contributed by atoms with Gasteiger partial charge in [0.15, 0.2) is 0 Å². The van der Waals surface area contributed by atoms with Crippen LogP contribution in [0, 0.1) is 0 Å². The van der Waals surface area contributed by atoms with E-state index in [-0.39, 0.29) is 19.6 Å². The molecule has 2 aromatic carbocycles. The molecule has 0 aromatic heterocycles. The molecular weight excluding hydrogens is 388 g/mol. The quantitative estimate of drug-likeness (QED) is 0.485. The van der Waals surface area contributed by atoms with E-state index in [1.54, 1.807) is 0 Å². The highest BCUT2D eigenvalue weighted by Crippen LogP contribution is 2.05. The van der Waals surface area contributed by atoms with Gasteiger partial charge in [-0.1, -0.05) is 60.7 Å². The molecule has 1 atom stereocenters. The Morgan fingerprint density at radius 3 is 1.90 bits per heavy atom. The third-order valence-corrected chi connectivity index (χ3v) is 4.17. The molecule has 8 heteroatoms. The fourth-order valence-corrected chi connectivity index (χ4v) is 2.68. The third kappa shape index (κ3) is 9.59. The Morgan fingerprint density at radius 2 is 1.37 bits per heavy atom. The second-order valence-electron chi connectivity index (χ2n) is 6.63. The maximum atomic E-state index is 12.0. The van der Waals surface area contributed by atoms with Crippen LogP contribution in [0.1, 0.15) is 30.4 Å². The molecule has 0 heterocycles. The van der Waals surface area contributed by atoms with E-state index < -0.39 is 24.2 Å². The summed E-state index contributed by atoms with van der Waals surface area (Å²) in [5, 5.41) is 14.2. The maximum absolute atomic E-state index is 12.0. The zero-order valence-electron chi connectivity index (χ0n) is 16.6. The van der Waals surface area contributed by atoms with Crippen molar-refractivity contribution in [1.82, 2.24) is 10.6 Å². The van der Waals surface area contributed by atoms with Gasteiger partial charge in [-0.2, -0.15) is 0 Å². The molecule has 0 aliphatic carbocycles. The molecule has 0 spiro atoms. The molecule has 2 rings (SSSR count). The molecule has 160 valence electrons. The highest BCUT2D eigenvalue weighted by atomic mass is 16.6. The maximum Gasteiger partial charge on any atom is 0.407 e. The van der Waals surface area contributed by atoms with Crippen molar-refractivity contribution in [2.24, 2.45) is 0 Å². The van der Waals surface area contributed by atoms with Crippen LogP contribution >= 0.6 is 0 Å². The summed E-state index contributed by atoms with van der Waals surface area (Å²) < 4.78 is 10.2. The lowest BCUT2D eigenvalue weighted by Crippen LogP contribution is -2.37. The van der Waals surface area contributed by atoms with Crippen LogP contribution in [0.2, 0.25) is 0 Å². The Hall–Kier alpha value is -3.55. The molecule has 0 fully saturated rings. The Kier molecular flexibility index (Phi) is 9.72. The molecule has 0 radical (unpaired) electrons. The lowest BCUT2D eigenvalue weighted by molar-refractivity contribution is -0.137. The van der Waals surface area contributed by atoms with Crippen molar-refractivity contribution in [1.29, 1.82) is 0 Å². The van der Waals surface area contributed by atoms with Gasteiger partial charge in [0.2, 0.25) is 0 Å². The summed E-state index contributed by atoms with van der Waals surface area (Å²) in [5.74, 6) is -1.03. The molecule has 2 aromatic rings. The summed E-state index contributed by atoms with van der Waals surface area (Å²) in [7, 11) is 0. The number of carbonyl (C=O) groups excluding carboxylic acids is 2. The predicted molar refractivity (Wildman–Crippen MR) is 110 cm³/mol. The van der Waals surface area contributed by atoms with Gasteiger partial charge in [-0.05, 0) is 24.0 Å². The topological polar surface area (TPSA) is 114 Å². The first-order valence-corrected chi connectivity index (χ1v) is 9.66. The molecule has 2 amide bonds. The summed E-state index contributed by atoms with van der Waals surface area (Å²) in [5.41, 5.74) is 1.72. The summed E-state index contributed by atoms with van der Waals surface area (Å²) in [6.07, 6.45) is -0.633. The van der Waals surface area contributed by atoms with Crippen LogP contribution in [0.4, 0.5) is 9.59 Å². The number of benzene rings is 2. The molecule has 0 saturated carbocycles. The number of hydrogen-bond donors (Lipinski definition) is 3. The average Bonchev–Trinajstić information content (AvgIpc) is 2.75. The van der Waals surface area contributed by atoms with Gasteiger partial charge in [0.25, 0.3) is 0 Å². The van der Waals surface area contributed by atoms with Crippen LogP contribution in [-0.4, -0.2) is 35.8 Å². The van der Waals surface area contributed by atoms with E-state index in [0.717, 1.165) is 11.1 Å². The second-order valence-corrected chi connectivity index (χ2v) is 6.63. The van der Waals surface area contributed by atoms with E-state index in [1.165, 1.54) is 0 Å². The molecule has 3 N–H and O–H groups in total. The molecule has 30 heavy (non-hydrogen) atoms. The van der Waals surface area contributed by atoms with Gasteiger partial charge in [-0.3, -0.25) is 4.79 Å². The summed E-state index contributed by atoms with van der Waals surface area (Å²) >= 11 is 0. The fourth-order valence-electron chi connectivity index (χ4n) is 2.68. The van der Waals surface area contributed by atoms with E-state index in [1.807, 2.05) is 60.7 Å². The van der Waals surface area contributed by atoms with Crippen LogP contribution in [-0.2, 0) is 27.5 Å². The molecule has 0 aliphatic heterocycles. The summed E-state index contributed by atoms with van der Waals surface area (Å²) in [6.45, 7) is 0.564. The van der Waals surface area contributed by atoms with Crippen molar-refractivity contribution in [3.8, 4) is 0 Å². The normalized spacial score (nSPS) is 11.2. The molecular formula is C22H26N2O6. The zero-order valence-corrected chi connectivity index (χ0v) is 16.6. The summed E-state index contributed by atoms with van der Waals surface area (Å²) in [6, 6.07) is 17.9. The molecule has 0 saturated heterocycles. The largest absolute Gasteiger partial charge is 0.481 e. The van der Waals surface area contributed by atoms with Crippen molar-refractivity contribution in [3.05, 3.63) is 71.8 Å². The van der Waals surface area contributed by atoms with Gasteiger partial charge in [0, 0.05) is 12.6 Å². The average molecular weight is 414 g/mol. The number of aliphatic carboxylic acids is 1. The first-order valence-electron chi connectivity index (χ1n) is 9.66. The van der Waals surface area contributed by atoms with E-state index in [0.29, 0.717) is 19.4 Å². The van der Waals surface area contributed by atoms with Crippen molar-refractivity contribution < 1.29 is 29.0 Å². The predicted octanol–water partition coefficient (Wildman–Crippen LogP) is 3.46. The van der Waals surface area contributed by atoms with Crippen LogP contribution < -0.4 is 10.6 Å². The number of carboxylic acid groups (broad SMARTS) is 1. The number of nitrogens with one attached hydrogen (secondary N) is 2. The first-order chi connectivity index (χ1) is 14.5. The van der Waals surface area contributed by atoms with E-state index in [9.17, 15) is 14.4 Å². The third-order valence-electron chi connectivity index (χ3n) is 4.17. The molecule has 0 aliphatic rings. The van der Waals surface area contributed by atoms with Gasteiger partial charge in [-0.15, -0.1) is 0 Å². The minimum atomic E-state index is -1.03. The van der Waals surface area contributed by atoms with Crippen LogP contribution in [0.3, 0.4) is 0 Å².